The molecule has 7 heteroatoms. The van der Waals surface area contributed by atoms with E-state index in [9.17, 15) is 18.0 Å². The maximum atomic E-state index is 10.9. The molecule has 1 heterocycles. The van der Waals surface area contributed by atoms with Gasteiger partial charge in [0, 0.05) is 12.2 Å². The van der Waals surface area contributed by atoms with Crippen LogP contribution in [-0.2, 0) is 19.7 Å². The normalized spacial score (nSPS) is 19.7. The molecule has 0 radical (unpaired) electrons. The number of carbonyl (C=O) groups is 2. The highest BCUT2D eigenvalue weighted by Gasteiger charge is 2.35. The average Bonchev–Trinajstić information content (AvgIpc) is 2.28. The second-order valence-electron chi connectivity index (χ2n) is 2.49. The Morgan fingerprint density at radius 3 is 2.00 bits per heavy atom. The minimum atomic E-state index is -4.41. The zero-order valence-electron chi connectivity index (χ0n) is 6.67. The Morgan fingerprint density at radius 1 is 1.31 bits per heavy atom. The summed E-state index contributed by atoms with van der Waals surface area (Å²) in [6, 6.07) is 0. The van der Waals surface area contributed by atoms with Gasteiger partial charge in [0.2, 0.25) is 0 Å². The second kappa shape index (κ2) is 2.93. The molecule has 1 aliphatic rings. The fourth-order valence-corrected chi connectivity index (χ4v) is 1.38. The van der Waals surface area contributed by atoms with Crippen molar-refractivity contribution in [1.82, 2.24) is 4.90 Å². The van der Waals surface area contributed by atoms with E-state index in [-0.39, 0.29) is 0 Å². The van der Waals surface area contributed by atoms with Crippen LogP contribution in [0.2, 0.25) is 0 Å². The molecular formula is C6H7NO5S. The molecule has 1 aliphatic heterocycles. The number of imide groups is 1. The monoisotopic (exact) mass is 205 g/mol. The fourth-order valence-electron chi connectivity index (χ4n) is 0.903. The highest BCUT2D eigenvalue weighted by molar-refractivity contribution is 7.86. The number of nitrogens with zero attached hydrogens (tertiary/aromatic N) is 1. The van der Waals surface area contributed by atoms with Crippen LogP contribution in [0.3, 0.4) is 0 Å². The van der Waals surface area contributed by atoms with E-state index < -0.39 is 27.3 Å². The lowest BCUT2D eigenvalue weighted by atomic mass is 10.5. The van der Waals surface area contributed by atoms with E-state index in [0.29, 0.717) is 4.90 Å². The molecule has 0 spiro atoms. The Balaban J connectivity index is 2.98. The van der Waals surface area contributed by atoms with Crippen LogP contribution < -0.4 is 0 Å². The molecule has 72 valence electrons. The van der Waals surface area contributed by atoms with Crippen LogP contribution in [0.5, 0.6) is 0 Å². The van der Waals surface area contributed by atoms with Gasteiger partial charge >= 0.3 is 0 Å². The molecule has 1 unspecified atom stereocenters. The Hall–Kier alpha value is -1.21. The summed E-state index contributed by atoms with van der Waals surface area (Å²) in [5, 5.41) is -1.54. The molecule has 1 rings (SSSR count). The first-order chi connectivity index (χ1) is 5.84. The predicted molar refractivity (Wildman–Crippen MR) is 42.0 cm³/mol. The minimum absolute atomic E-state index is 0.468. The van der Waals surface area contributed by atoms with Crippen LogP contribution in [0.1, 0.15) is 6.92 Å². The van der Waals surface area contributed by atoms with Crippen molar-refractivity contribution >= 4 is 21.9 Å². The highest BCUT2D eigenvalue weighted by atomic mass is 32.2. The van der Waals surface area contributed by atoms with Crippen molar-refractivity contribution in [1.29, 1.82) is 0 Å². The second-order valence-corrected chi connectivity index (χ2v) is 4.21. The lowest BCUT2D eigenvalue weighted by Crippen LogP contribution is -2.42. The first-order valence-electron chi connectivity index (χ1n) is 3.35. The zero-order chi connectivity index (χ0) is 10.2. The summed E-state index contributed by atoms with van der Waals surface area (Å²) in [7, 11) is -4.41. The van der Waals surface area contributed by atoms with E-state index in [0.717, 1.165) is 19.1 Å². The average molecular weight is 205 g/mol. The Bertz CT molecular complexity index is 364. The van der Waals surface area contributed by atoms with Crippen molar-refractivity contribution in [2.45, 2.75) is 12.3 Å². The van der Waals surface area contributed by atoms with Crippen LogP contribution in [0.15, 0.2) is 12.2 Å². The van der Waals surface area contributed by atoms with Gasteiger partial charge in [0.1, 0.15) is 0 Å². The number of amides is 2. The number of hydrogen-bond donors (Lipinski definition) is 1. The molecule has 0 fully saturated rings. The third-order valence-electron chi connectivity index (χ3n) is 1.64. The van der Waals surface area contributed by atoms with E-state index >= 15 is 0 Å². The maximum Gasteiger partial charge on any atom is 0.286 e. The van der Waals surface area contributed by atoms with Gasteiger partial charge in [0.15, 0.2) is 5.37 Å². The van der Waals surface area contributed by atoms with Crippen LogP contribution in [0, 0.1) is 0 Å². The van der Waals surface area contributed by atoms with E-state index in [1.54, 1.807) is 0 Å². The minimum Gasteiger partial charge on any atom is -0.284 e. The first kappa shape index (κ1) is 9.87. The molecule has 1 atom stereocenters. The van der Waals surface area contributed by atoms with Gasteiger partial charge in [0.05, 0.1) is 0 Å². The molecular weight excluding hydrogens is 198 g/mol. The standard InChI is InChI=1S/C6H7NO5S/c1-4(13(10,11)12)7-5(8)2-3-6(7)9/h2-4H,1H3,(H,10,11,12). The third kappa shape index (κ3) is 1.76. The Labute approximate surface area is 74.6 Å². The van der Waals surface area contributed by atoms with Crippen molar-refractivity contribution in [3.8, 4) is 0 Å². The van der Waals surface area contributed by atoms with Crippen LogP contribution >= 0.6 is 0 Å². The smallest absolute Gasteiger partial charge is 0.284 e. The van der Waals surface area contributed by atoms with E-state index in [4.69, 9.17) is 4.55 Å². The highest BCUT2D eigenvalue weighted by Crippen LogP contribution is 2.12. The molecule has 13 heavy (non-hydrogen) atoms. The summed E-state index contributed by atoms with van der Waals surface area (Å²) in [5.41, 5.74) is 0. The van der Waals surface area contributed by atoms with Gasteiger partial charge in [-0.25, -0.2) is 0 Å². The third-order valence-corrected chi connectivity index (χ3v) is 2.71. The van der Waals surface area contributed by atoms with Gasteiger partial charge in [-0.1, -0.05) is 0 Å². The van der Waals surface area contributed by atoms with Crippen molar-refractivity contribution < 1.29 is 22.6 Å². The van der Waals surface area contributed by atoms with Gasteiger partial charge in [-0.05, 0) is 6.92 Å². The van der Waals surface area contributed by atoms with Crippen LogP contribution in [0.25, 0.3) is 0 Å². The van der Waals surface area contributed by atoms with Gasteiger partial charge in [-0.3, -0.25) is 19.0 Å². The quantitative estimate of drug-likeness (QED) is 0.468. The SMILES string of the molecule is CC(N1C(=O)C=CC1=O)S(=O)(=O)O. The van der Waals surface area contributed by atoms with Crippen molar-refractivity contribution in [3.05, 3.63) is 12.2 Å². The molecule has 0 aromatic carbocycles. The Morgan fingerprint density at radius 2 is 1.69 bits per heavy atom. The number of hydrogen-bond acceptors (Lipinski definition) is 4. The molecule has 6 nitrogen and oxygen atoms in total. The van der Waals surface area contributed by atoms with Crippen molar-refractivity contribution in [3.63, 3.8) is 0 Å². The Kier molecular flexibility index (Phi) is 2.22. The number of carbonyl (C=O) groups excluding carboxylic acids is 2. The van der Waals surface area contributed by atoms with E-state index in [1.165, 1.54) is 0 Å². The lowest BCUT2D eigenvalue weighted by molar-refractivity contribution is -0.137. The van der Waals surface area contributed by atoms with Crippen LogP contribution in [0.4, 0.5) is 0 Å². The van der Waals surface area contributed by atoms with Crippen LogP contribution in [-0.4, -0.2) is 35.1 Å². The van der Waals surface area contributed by atoms with Gasteiger partial charge < -0.3 is 0 Å². The summed E-state index contributed by atoms with van der Waals surface area (Å²) in [6.07, 6.45) is 1.90. The summed E-state index contributed by atoms with van der Waals surface area (Å²) < 4.78 is 29.8. The molecule has 0 bridgehead atoms. The van der Waals surface area contributed by atoms with Crippen molar-refractivity contribution in [2.24, 2.45) is 0 Å². The topological polar surface area (TPSA) is 91.8 Å². The molecule has 0 aromatic heterocycles. The lowest BCUT2D eigenvalue weighted by Gasteiger charge is -2.18. The number of rotatable bonds is 2. The summed E-state index contributed by atoms with van der Waals surface area (Å²) in [4.78, 5) is 22.3. The maximum absolute atomic E-state index is 10.9. The van der Waals surface area contributed by atoms with Gasteiger partial charge in [0.25, 0.3) is 21.9 Å². The largest absolute Gasteiger partial charge is 0.286 e. The molecule has 0 saturated carbocycles. The molecule has 2 amide bonds. The first-order valence-corrected chi connectivity index (χ1v) is 4.86. The molecule has 0 aromatic rings. The summed E-state index contributed by atoms with van der Waals surface area (Å²) >= 11 is 0. The zero-order valence-corrected chi connectivity index (χ0v) is 7.48. The van der Waals surface area contributed by atoms with E-state index in [1.807, 2.05) is 0 Å². The van der Waals surface area contributed by atoms with Gasteiger partial charge in [-0.15, -0.1) is 0 Å². The van der Waals surface area contributed by atoms with Crippen molar-refractivity contribution in [2.75, 3.05) is 0 Å². The predicted octanol–water partition coefficient (Wildman–Crippen LogP) is -0.855. The fraction of sp³-hybridized carbons (Fsp3) is 0.333. The summed E-state index contributed by atoms with van der Waals surface area (Å²) in [5.74, 6) is -1.48. The van der Waals surface area contributed by atoms with Gasteiger partial charge in [-0.2, -0.15) is 8.42 Å². The molecule has 0 aliphatic carbocycles. The molecule has 0 saturated heterocycles. The van der Waals surface area contributed by atoms with E-state index in [2.05, 4.69) is 0 Å². The molecule has 1 N–H and O–H groups in total. The summed E-state index contributed by atoms with van der Waals surface area (Å²) in [6.45, 7) is 1.05.